The maximum atomic E-state index is 12.7. The second kappa shape index (κ2) is 6.96. The fourth-order valence-corrected chi connectivity index (χ4v) is 3.70. The molecule has 1 aliphatic rings. The van der Waals surface area contributed by atoms with Crippen molar-refractivity contribution in [2.45, 2.75) is 52.9 Å². The maximum absolute atomic E-state index is 12.7. The van der Waals surface area contributed by atoms with E-state index < -0.39 is 0 Å². The van der Waals surface area contributed by atoms with Crippen LogP contribution in [0, 0.1) is 31.1 Å². The molecule has 0 amide bonds. The first-order valence-electron chi connectivity index (χ1n) is 9.29. The van der Waals surface area contributed by atoms with Crippen molar-refractivity contribution in [2.75, 3.05) is 0 Å². The lowest BCUT2D eigenvalue weighted by atomic mass is 9.84. The van der Waals surface area contributed by atoms with Crippen molar-refractivity contribution in [1.29, 1.82) is 5.26 Å². The Morgan fingerprint density at radius 3 is 2.58 bits per heavy atom. The Hall–Kier alpha value is -2.60. The topological polar surface area (TPSA) is 56.6 Å². The highest BCUT2D eigenvalue weighted by atomic mass is 16.1. The van der Waals surface area contributed by atoms with Crippen LogP contribution in [0.25, 0.3) is 5.57 Å². The molecule has 3 heteroatoms. The number of pyridine rings is 1. The molecular formula is C23H26N2O. The molecule has 1 heterocycles. The number of rotatable bonds is 5. The van der Waals surface area contributed by atoms with Crippen molar-refractivity contribution in [3.8, 4) is 6.07 Å². The molecule has 0 aliphatic heterocycles. The van der Waals surface area contributed by atoms with Crippen molar-refractivity contribution in [1.82, 2.24) is 4.98 Å². The van der Waals surface area contributed by atoms with Gasteiger partial charge in [-0.15, -0.1) is 0 Å². The van der Waals surface area contributed by atoms with Gasteiger partial charge in [-0.05, 0) is 84.9 Å². The Balaban J connectivity index is 2.24. The minimum absolute atomic E-state index is 0.0265. The maximum Gasteiger partial charge on any atom is 0.252 e. The minimum Gasteiger partial charge on any atom is -0.326 e. The average Bonchev–Trinajstić information content (AvgIpc) is 3.39. The molecule has 0 spiro atoms. The molecule has 3 rings (SSSR count). The van der Waals surface area contributed by atoms with Gasteiger partial charge in [0.1, 0.15) is 0 Å². The molecule has 1 N–H and O–H groups in total. The van der Waals surface area contributed by atoms with Crippen molar-refractivity contribution in [3.63, 3.8) is 0 Å². The number of aromatic amines is 1. The van der Waals surface area contributed by atoms with Gasteiger partial charge in [0, 0.05) is 11.3 Å². The van der Waals surface area contributed by atoms with Crippen LogP contribution < -0.4 is 5.56 Å². The second-order valence-electron chi connectivity index (χ2n) is 7.83. The molecule has 1 aromatic heterocycles. The highest BCUT2D eigenvalue weighted by Gasteiger charge is 2.27. The molecule has 1 aromatic carbocycles. The van der Waals surface area contributed by atoms with E-state index in [4.69, 9.17) is 0 Å². The van der Waals surface area contributed by atoms with Crippen LogP contribution in [0.3, 0.4) is 0 Å². The number of hydrogen-bond donors (Lipinski definition) is 1. The van der Waals surface area contributed by atoms with Crippen LogP contribution in [0.2, 0.25) is 0 Å². The van der Waals surface area contributed by atoms with Gasteiger partial charge in [0.05, 0.1) is 11.6 Å². The summed E-state index contributed by atoms with van der Waals surface area (Å²) in [5.74, 6) is 0.808. The van der Waals surface area contributed by atoms with Gasteiger partial charge in [-0.1, -0.05) is 26.5 Å². The number of H-pyrrole nitrogens is 1. The molecule has 0 atom stereocenters. The second-order valence-corrected chi connectivity index (χ2v) is 7.83. The smallest absolute Gasteiger partial charge is 0.252 e. The summed E-state index contributed by atoms with van der Waals surface area (Å²) < 4.78 is 0. The van der Waals surface area contributed by atoms with Gasteiger partial charge < -0.3 is 4.98 Å². The molecule has 3 nitrogen and oxygen atoms in total. The third-order valence-corrected chi connectivity index (χ3v) is 5.19. The molecule has 1 fully saturated rings. The molecule has 0 saturated heterocycles. The Morgan fingerprint density at radius 1 is 1.31 bits per heavy atom. The summed E-state index contributed by atoms with van der Waals surface area (Å²) >= 11 is 0. The van der Waals surface area contributed by atoms with Gasteiger partial charge in [0.2, 0.25) is 0 Å². The number of benzene rings is 1. The number of aryl methyl sites for hydroxylation is 2. The van der Waals surface area contributed by atoms with E-state index in [1.54, 1.807) is 0 Å². The number of hydrogen-bond acceptors (Lipinski definition) is 2. The zero-order valence-electron chi connectivity index (χ0n) is 16.1. The number of nitrogens with zero attached hydrogens (tertiary/aromatic N) is 1. The molecule has 26 heavy (non-hydrogen) atoms. The lowest BCUT2D eigenvalue weighted by molar-refractivity contribution is 0.784. The molecular weight excluding hydrogens is 320 g/mol. The van der Waals surface area contributed by atoms with Crippen molar-refractivity contribution < 1.29 is 0 Å². The number of aromatic nitrogens is 1. The van der Waals surface area contributed by atoms with E-state index >= 15 is 0 Å². The predicted molar refractivity (Wildman–Crippen MR) is 106 cm³/mol. The first-order valence-corrected chi connectivity index (χ1v) is 9.29. The quantitative estimate of drug-likeness (QED) is 0.828. The van der Waals surface area contributed by atoms with Gasteiger partial charge in [-0.2, -0.15) is 5.26 Å². The van der Waals surface area contributed by atoms with E-state index in [0.717, 1.165) is 39.9 Å². The lowest BCUT2D eigenvalue weighted by Crippen LogP contribution is -2.21. The Morgan fingerprint density at radius 2 is 2.00 bits per heavy atom. The van der Waals surface area contributed by atoms with E-state index in [-0.39, 0.29) is 11.5 Å². The zero-order valence-corrected chi connectivity index (χ0v) is 16.1. The summed E-state index contributed by atoms with van der Waals surface area (Å²) in [5.41, 5.74) is 7.33. The van der Waals surface area contributed by atoms with Crippen LogP contribution in [0.4, 0.5) is 0 Å². The van der Waals surface area contributed by atoms with E-state index in [9.17, 15) is 10.1 Å². The van der Waals surface area contributed by atoms with Crippen LogP contribution in [0.15, 0.2) is 29.6 Å². The first-order chi connectivity index (χ1) is 12.3. The summed E-state index contributed by atoms with van der Waals surface area (Å²) in [6, 6.07) is 8.01. The van der Waals surface area contributed by atoms with Crippen LogP contribution >= 0.6 is 0 Å². The standard InChI is InChI=1S/C23H26N2O/c1-13(2)21-22(15(4)19-9-14(3)8-18(10-19)12-24)20(11-17-6-7-17)16(5)25-23(21)26/h8-10,13,17H,4,6-7,11H2,1-3,5H3,(H,25,26). The molecule has 1 aliphatic carbocycles. The Labute approximate surface area is 155 Å². The Bertz CT molecular complexity index is 969. The first kappa shape index (κ1) is 18.2. The van der Waals surface area contributed by atoms with Crippen molar-refractivity contribution in [2.24, 2.45) is 5.92 Å². The summed E-state index contributed by atoms with van der Waals surface area (Å²) in [5, 5.41) is 9.32. The predicted octanol–water partition coefficient (Wildman–Crippen LogP) is 5.00. The number of nitriles is 1. The van der Waals surface area contributed by atoms with Crippen molar-refractivity contribution in [3.05, 3.63) is 74.2 Å². The minimum atomic E-state index is -0.0265. The average molecular weight is 346 g/mol. The largest absolute Gasteiger partial charge is 0.326 e. The third-order valence-electron chi connectivity index (χ3n) is 5.19. The van der Waals surface area contributed by atoms with E-state index in [2.05, 4.69) is 31.5 Å². The highest BCUT2D eigenvalue weighted by molar-refractivity contribution is 5.82. The normalized spacial score (nSPS) is 13.7. The number of nitrogens with one attached hydrogen (secondary N) is 1. The summed E-state index contributed by atoms with van der Waals surface area (Å²) in [4.78, 5) is 15.8. The van der Waals surface area contributed by atoms with Crippen molar-refractivity contribution >= 4 is 5.57 Å². The van der Waals surface area contributed by atoms with Crippen LogP contribution in [0.5, 0.6) is 0 Å². The lowest BCUT2D eigenvalue weighted by Gasteiger charge is -2.21. The highest BCUT2D eigenvalue weighted by Crippen LogP contribution is 2.38. The monoisotopic (exact) mass is 346 g/mol. The van der Waals surface area contributed by atoms with Crippen LogP contribution in [-0.4, -0.2) is 4.98 Å². The zero-order chi connectivity index (χ0) is 19.0. The van der Waals surface area contributed by atoms with Gasteiger partial charge in [-0.3, -0.25) is 4.79 Å². The molecule has 1 saturated carbocycles. The van der Waals surface area contributed by atoms with Gasteiger partial charge in [0.25, 0.3) is 5.56 Å². The van der Waals surface area contributed by atoms with Gasteiger partial charge >= 0.3 is 0 Å². The fraction of sp³-hybridized carbons (Fsp3) is 0.391. The van der Waals surface area contributed by atoms with Gasteiger partial charge in [0.15, 0.2) is 0 Å². The summed E-state index contributed by atoms with van der Waals surface area (Å²) in [7, 11) is 0. The molecule has 134 valence electrons. The molecule has 2 aromatic rings. The molecule has 0 bridgehead atoms. The summed E-state index contributed by atoms with van der Waals surface area (Å²) in [6.07, 6.45) is 3.49. The van der Waals surface area contributed by atoms with Crippen LogP contribution in [0.1, 0.15) is 71.7 Å². The Kier molecular flexibility index (Phi) is 4.87. The van der Waals surface area contributed by atoms with E-state index in [1.165, 1.54) is 18.4 Å². The fourth-order valence-electron chi connectivity index (χ4n) is 3.70. The van der Waals surface area contributed by atoms with Crippen LogP contribution in [-0.2, 0) is 6.42 Å². The third kappa shape index (κ3) is 3.51. The summed E-state index contributed by atoms with van der Waals surface area (Å²) in [6.45, 7) is 12.4. The SMILES string of the molecule is C=C(c1cc(C)cc(C#N)c1)c1c(CC2CC2)c(C)[nH]c(=O)c1C(C)C. The van der Waals surface area contributed by atoms with E-state index in [1.807, 2.05) is 32.0 Å². The molecule has 0 unspecified atom stereocenters. The van der Waals surface area contributed by atoms with E-state index in [0.29, 0.717) is 11.5 Å². The van der Waals surface area contributed by atoms with Gasteiger partial charge in [-0.25, -0.2) is 0 Å². The molecule has 0 radical (unpaired) electrons.